The molecule has 0 saturated heterocycles. The maximum absolute atomic E-state index is 9.12. The third-order valence-electron chi connectivity index (χ3n) is 2.28. The van der Waals surface area contributed by atoms with E-state index in [0.29, 0.717) is 5.69 Å². The van der Waals surface area contributed by atoms with Gasteiger partial charge in [0, 0.05) is 6.20 Å². The van der Waals surface area contributed by atoms with E-state index in [1.165, 1.54) is 0 Å². The molecule has 0 aliphatic rings. The summed E-state index contributed by atoms with van der Waals surface area (Å²) in [6.45, 7) is 4.08. The van der Waals surface area contributed by atoms with Gasteiger partial charge in [-0.25, -0.2) is 4.98 Å². The van der Waals surface area contributed by atoms with E-state index in [1.807, 2.05) is 36.6 Å². The standard InChI is InChI=1S/C11H10BrN3/c1-7(2)10-9(6-13)15-5-3-4-8(12)11(15)14-10/h3-5,7H,1-2H3. The minimum atomic E-state index is 0.256. The lowest BCUT2D eigenvalue weighted by Gasteiger charge is -1.98. The molecule has 0 radical (unpaired) electrons. The Morgan fingerprint density at radius 2 is 2.27 bits per heavy atom. The third-order valence-corrected chi connectivity index (χ3v) is 2.90. The number of nitriles is 1. The predicted molar refractivity (Wildman–Crippen MR) is 61.7 cm³/mol. The van der Waals surface area contributed by atoms with Crippen molar-refractivity contribution < 1.29 is 0 Å². The van der Waals surface area contributed by atoms with Crippen LogP contribution in [0, 0.1) is 11.3 Å². The van der Waals surface area contributed by atoms with Crippen molar-refractivity contribution in [3.8, 4) is 6.07 Å². The first-order valence-corrected chi connectivity index (χ1v) is 5.51. The van der Waals surface area contributed by atoms with Crippen molar-refractivity contribution in [1.29, 1.82) is 5.26 Å². The Kier molecular flexibility index (Phi) is 2.49. The van der Waals surface area contributed by atoms with Crippen LogP contribution in [0.15, 0.2) is 22.8 Å². The summed E-state index contributed by atoms with van der Waals surface area (Å²) in [5.41, 5.74) is 2.28. The lowest BCUT2D eigenvalue weighted by atomic mass is 10.1. The lowest BCUT2D eigenvalue weighted by Crippen LogP contribution is -1.93. The topological polar surface area (TPSA) is 41.1 Å². The highest BCUT2D eigenvalue weighted by molar-refractivity contribution is 9.10. The first kappa shape index (κ1) is 10.2. The highest BCUT2D eigenvalue weighted by Crippen LogP contribution is 2.24. The molecule has 4 heteroatoms. The van der Waals surface area contributed by atoms with Crippen molar-refractivity contribution in [1.82, 2.24) is 9.38 Å². The molecule has 0 spiro atoms. The van der Waals surface area contributed by atoms with Gasteiger partial charge in [0.1, 0.15) is 11.8 Å². The van der Waals surface area contributed by atoms with Gasteiger partial charge in [-0.1, -0.05) is 13.8 Å². The lowest BCUT2D eigenvalue weighted by molar-refractivity contribution is 0.829. The van der Waals surface area contributed by atoms with E-state index >= 15 is 0 Å². The SMILES string of the molecule is CC(C)c1nc2c(Br)cccn2c1C#N. The summed E-state index contributed by atoms with van der Waals surface area (Å²) >= 11 is 3.43. The molecule has 0 aliphatic heterocycles. The number of hydrogen-bond donors (Lipinski definition) is 0. The highest BCUT2D eigenvalue weighted by Gasteiger charge is 2.15. The van der Waals surface area contributed by atoms with Gasteiger partial charge in [0.15, 0.2) is 5.65 Å². The zero-order valence-corrected chi connectivity index (χ0v) is 10.1. The normalized spacial score (nSPS) is 10.9. The number of nitrogens with zero attached hydrogens (tertiary/aromatic N) is 3. The molecule has 0 N–H and O–H groups in total. The van der Waals surface area contributed by atoms with Gasteiger partial charge in [0.25, 0.3) is 0 Å². The smallest absolute Gasteiger partial charge is 0.152 e. The molecular weight excluding hydrogens is 254 g/mol. The Morgan fingerprint density at radius 1 is 1.53 bits per heavy atom. The van der Waals surface area contributed by atoms with Crippen LogP contribution in [0.2, 0.25) is 0 Å². The van der Waals surface area contributed by atoms with Crippen LogP contribution in [0.4, 0.5) is 0 Å². The Balaban J connectivity index is 2.86. The summed E-state index contributed by atoms with van der Waals surface area (Å²) in [5, 5.41) is 9.12. The Labute approximate surface area is 96.5 Å². The van der Waals surface area contributed by atoms with Crippen LogP contribution >= 0.6 is 15.9 Å². The maximum atomic E-state index is 9.12. The van der Waals surface area contributed by atoms with Crippen LogP contribution in [-0.2, 0) is 0 Å². The summed E-state index contributed by atoms with van der Waals surface area (Å²) in [6, 6.07) is 6.02. The summed E-state index contributed by atoms with van der Waals surface area (Å²) in [7, 11) is 0. The molecule has 2 aromatic heterocycles. The molecule has 0 atom stereocenters. The van der Waals surface area contributed by atoms with Crippen LogP contribution in [-0.4, -0.2) is 9.38 Å². The van der Waals surface area contributed by atoms with E-state index in [-0.39, 0.29) is 5.92 Å². The van der Waals surface area contributed by atoms with Crippen LogP contribution in [0.25, 0.3) is 5.65 Å². The molecule has 76 valence electrons. The molecule has 0 aromatic carbocycles. The van der Waals surface area contributed by atoms with Crippen LogP contribution < -0.4 is 0 Å². The monoisotopic (exact) mass is 263 g/mol. The van der Waals surface area contributed by atoms with Gasteiger partial charge >= 0.3 is 0 Å². The molecule has 15 heavy (non-hydrogen) atoms. The Bertz CT molecular complexity index is 549. The molecular formula is C11H10BrN3. The number of imidazole rings is 1. The van der Waals surface area contributed by atoms with E-state index < -0.39 is 0 Å². The second kappa shape index (κ2) is 3.67. The fraction of sp³-hybridized carbons (Fsp3) is 0.273. The van der Waals surface area contributed by atoms with Gasteiger partial charge < -0.3 is 0 Å². The van der Waals surface area contributed by atoms with Crippen molar-refractivity contribution in [2.24, 2.45) is 0 Å². The van der Waals surface area contributed by atoms with Gasteiger partial charge in [-0.15, -0.1) is 0 Å². The number of rotatable bonds is 1. The van der Waals surface area contributed by atoms with Gasteiger partial charge in [-0.3, -0.25) is 4.40 Å². The number of pyridine rings is 1. The number of fused-ring (bicyclic) bond motifs is 1. The van der Waals surface area contributed by atoms with Crippen molar-refractivity contribution in [2.45, 2.75) is 19.8 Å². The first-order chi connectivity index (χ1) is 7.15. The molecule has 2 rings (SSSR count). The number of hydrogen-bond acceptors (Lipinski definition) is 2. The Hall–Kier alpha value is -1.34. The molecule has 0 bridgehead atoms. The van der Waals surface area contributed by atoms with E-state index in [1.54, 1.807) is 0 Å². The van der Waals surface area contributed by atoms with E-state index in [0.717, 1.165) is 15.8 Å². The van der Waals surface area contributed by atoms with Gasteiger partial charge in [-0.2, -0.15) is 5.26 Å². The fourth-order valence-electron chi connectivity index (χ4n) is 1.57. The van der Waals surface area contributed by atoms with E-state index in [9.17, 15) is 0 Å². The average Bonchev–Trinajstić information content (AvgIpc) is 2.57. The molecule has 0 saturated carbocycles. The second-order valence-corrected chi connectivity index (χ2v) is 4.52. The highest BCUT2D eigenvalue weighted by atomic mass is 79.9. The second-order valence-electron chi connectivity index (χ2n) is 3.66. The molecule has 0 amide bonds. The van der Waals surface area contributed by atoms with Crippen LogP contribution in [0.3, 0.4) is 0 Å². The predicted octanol–water partition coefficient (Wildman–Crippen LogP) is 3.09. The summed E-state index contributed by atoms with van der Waals surface area (Å²) in [5.74, 6) is 0.256. The van der Waals surface area contributed by atoms with Crippen LogP contribution in [0.5, 0.6) is 0 Å². The van der Waals surface area contributed by atoms with Crippen molar-refractivity contribution in [2.75, 3.05) is 0 Å². The molecule has 0 fully saturated rings. The van der Waals surface area contributed by atoms with Gasteiger partial charge in [0.2, 0.25) is 0 Å². The molecule has 0 aliphatic carbocycles. The first-order valence-electron chi connectivity index (χ1n) is 4.71. The molecule has 3 nitrogen and oxygen atoms in total. The summed E-state index contributed by atoms with van der Waals surface area (Å²) < 4.78 is 2.73. The van der Waals surface area contributed by atoms with Crippen molar-refractivity contribution in [3.05, 3.63) is 34.2 Å². The quantitative estimate of drug-likeness (QED) is 0.794. The zero-order valence-electron chi connectivity index (χ0n) is 8.53. The van der Waals surface area contributed by atoms with Crippen LogP contribution in [0.1, 0.15) is 31.2 Å². The molecule has 2 heterocycles. The number of aromatic nitrogens is 2. The van der Waals surface area contributed by atoms with E-state index in [2.05, 4.69) is 27.0 Å². The molecule has 2 aromatic rings. The van der Waals surface area contributed by atoms with E-state index in [4.69, 9.17) is 5.26 Å². The summed E-state index contributed by atoms with van der Waals surface area (Å²) in [4.78, 5) is 4.48. The molecule has 0 unspecified atom stereocenters. The average molecular weight is 264 g/mol. The minimum Gasteiger partial charge on any atom is -0.290 e. The van der Waals surface area contributed by atoms with Crippen molar-refractivity contribution in [3.63, 3.8) is 0 Å². The van der Waals surface area contributed by atoms with Gasteiger partial charge in [-0.05, 0) is 34.0 Å². The fourth-order valence-corrected chi connectivity index (χ4v) is 2.00. The largest absolute Gasteiger partial charge is 0.290 e. The van der Waals surface area contributed by atoms with Gasteiger partial charge in [0.05, 0.1) is 10.2 Å². The zero-order chi connectivity index (χ0) is 11.0. The maximum Gasteiger partial charge on any atom is 0.152 e. The number of halogens is 1. The third kappa shape index (κ3) is 1.53. The van der Waals surface area contributed by atoms with Crippen molar-refractivity contribution >= 4 is 21.6 Å². The minimum absolute atomic E-state index is 0.256. The summed E-state index contributed by atoms with van der Waals surface area (Å²) in [6.07, 6.45) is 1.86. The Morgan fingerprint density at radius 3 is 2.87 bits per heavy atom.